The van der Waals surface area contributed by atoms with E-state index in [-0.39, 0.29) is 5.41 Å². The lowest BCUT2D eigenvalue weighted by Crippen LogP contribution is -2.14. The third-order valence-corrected chi connectivity index (χ3v) is 3.87. The molecule has 0 spiro atoms. The van der Waals surface area contributed by atoms with Crippen LogP contribution in [0.15, 0.2) is 29.2 Å². The van der Waals surface area contributed by atoms with Gasteiger partial charge in [0.05, 0.1) is 6.07 Å². The number of hydrogen-bond donors (Lipinski definition) is 1. The van der Waals surface area contributed by atoms with E-state index in [0.29, 0.717) is 6.42 Å². The number of benzene rings is 1. The third-order valence-electron chi connectivity index (χ3n) is 3.15. The van der Waals surface area contributed by atoms with Gasteiger partial charge in [-0.1, -0.05) is 6.07 Å². The predicted molar refractivity (Wildman–Crippen MR) is 68.6 cm³/mol. The van der Waals surface area contributed by atoms with Crippen LogP contribution in [0.4, 0.5) is 5.69 Å². The summed E-state index contributed by atoms with van der Waals surface area (Å²) in [5, 5.41) is 12.2. The van der Waals surface area contributed by atoms with Crippen LogP contribution in [0, 0.1) is 16.7 Å². The average Bonchev–Trinajstić information content (AvgIpc) is 3.08. The second-order valence-corrected chi connectivity index (χ2v) is 5.30. The van der Waals surface area contributed by atoms with E-state index in [1.807, 2.05) is 0 Å². The van der Waals surface area contributed by atoms with Crippen molar-refractivity contribution in [3.8, 4) is 6.07 Å². The highest BCUT2D eigenvalue weighted by atomic mass is 32.2. The third kappa shape index (κ3) is 2.70. The molecule has 0 radical (unpaired) electrons. The molecular weight excluding hydrogens is 216 g/mol. The summed E-state index contributed by atoms with van der Waals surface area (Å²) in [5.74, 6) is 0. The maximum atomic E-state index is 8.74. The highest BCUT2D eigenvalue weighted by Gasteiger charge is 2.42. The molecule has 1 aromatic rings. The molecule has 3 heteroatoms. The van der Waals surface area contributed by atoms with Crippen LogP contribution in [-0.2, 0) is 0 Å². The normalized spacial score (nSPS) is 16.5. The van der Waals surface area contributed by atoms with Crippen molar-refractivity contribution in [1.82, 2.24) is 0 Å². The Balaban J connectivity index is 1.92. The zero-order valence-corrected chi connectivity index (χ0v) is 10.3. The minimum Gasteiger partial charge on any atom is -0.384 e. The first-order valence-electron chi connectivity index (χ1n) is 5.53. The van der Waals surface area contributed by atoms with Gasteiger partial charge in [0, 0.05) is 29.0 Å². The molecule has 0 heterocycles. The number of hydrogen-bond acceptors (Lipinski definition) is 3. The Hall–Kier alpha value is -1.14. The zero-order valence-electron chi connectivity index (χ0n) is 9.49. The van der Waals surface area contributed by atoms with Crippen LogP contribution in [0.3, 0.4) is 0 Å². The van der Waals surface area contributed by atoms with Gasteiger partial charge in [-0.25, -0.2) is 0 Å². The lowest BCUT2D eigenvalue weighted by molar-refractivity contribution is 0.557. The first-order valence-corrected chi connectivity index (χ1v) is 6.75. The Bertz CT molecular complexity index is 405. The van der Waals surface area contributed by atoms with Crippen molar-refractivity contribution in [3.05, 3.63) is 24.3 Å². The number of nitrogens with one attached hydrogen (secondary N) is 1. The minimum absolute atomic E-state index is 0.268. The van der Waals surface area contributed by atoms with Crippen molar-refractivity contribution >= 4 is 17.4 Å². The molecule has 1 fully saturated rings. The van der Waals surface area contributed by atoms with Crippen molar-refractivity contribution in [2.24, 2.45) is 5.41 Å². The van der Waals surface area contributed by atoms with E-state index in [4.69, 9.17) is 5.26 Å². The smallest absolute Gasteiger partial charge is 0.0628 e. The Morgan fingerprint density at radius 1 is 1.50 bits per heavy atom. The second kappa shape index (κ2) is 4.80. The van der Waals surface area contributed by atoms with Crippen molar-refractivity contribution in [1.29, 1.82) is 5.26 Å². The van der Waals surface area contributed by atoms with Crippen LogP contribution in [0.1, 0.15) is 19.3 Å². The molecule has 1 aliphatic rings. The zero-order chi connectivity index (χ0) is 11.4. The van der Waals surface area contributed by atoms with E-state index in [0.717, 1.165) is 12.2 Å². The number of anilines is 1. The van der Waals surface area contributed by atoms with Crippen LogP contribution in [0.2, 0.25) is 0 Å². The predicted octanol–water partition coefficient (Wildman–Crippen LogP) is 3.51. The summed E-state index contributed by atoms with van der Waals surface area (Å²) in [7, 11) is 0. The molecule has 1 N–H and O–H groups in total. The van der Waals surface area contributed by atoms with Crippen LogP contribution in [0.25, 0.3) is 0 Å². The largest absolute Gasteiger partial charge is 0.384 e. The van der Waals surface area contributed by atoms with E-state index < -0.39 is 0 Å². The van der Waals surface area contributed by atoms with Crippen molar-refractivity contribution in [2.45, 2.75) is 24.2 Å². The van der Waals surface area contributed by atoms with Gasteiger partial charge in [-0.05, 0) is 37.3 Å². The average molecular weight is 232 g/mol. The summed E-state index contributed by atoms with van der Waals surface area (Å²) >= 11 is 1.75. The number of nitriles is 1. The molecule has 1 saturated carbocycles. The van der Waals surface area contributed by atoms with E-state index in [2.05, 4.69) is 41.9 Å². The van der Waals surface area contributed by atoms with E-state index in [1.54, 1.807) is 11.8 Å². The van der Waals surface area contributed by atoms with Crippen molar-refractivity contribution in [2.75, 3.05) is 18.1 Å². The molecule has 1 aliphatic carbocycles. The molecule has 2 rings (SSSR count). The SMILES string of the molecule is CSc1cccc(NCC2(CC#N)CC2)c1. The van der Waals surface area contributed by atoms with Gasteiger partial charge in [0.15, 0.2) is 0 Å². The van der Waals surface area contributed by atoms with Crippen LogP contribution >= 0.6 is 11.8 Å². The maximum absolute atomic E-state index is 8.74. The van der Waals surface area contributed by atoms with Gasteiger partial charge in [-0.15, -0.1) is 11.8 Å². The molecule has 84 valence electrons. The number of rotatable bonds is 5. The van der Waals surface area contributed by atoms with Gasteiger partial charge in [0.1, 0.15) is 0 Å². The summed E-state index contributed by atoms with van der Waals surface area (Å²) in [4.78, 5) is 1.27. The summed E-state index contributed by atoms with van der Waals surface area (Å²) in [6.45, 7) is 0.929. The highest BCUT2D eigenvalue weighted by molar-refractivity contribution is 7.98. The summed E-state index contributed by atoms with van der Waals surface area (Å²) < 4.78 is 0. The molecule has 0 amide bonds. The molecule has 2 nitrogen and oxygen atoms in total. The number of nitrogens with zero attached hydrogens (tertiary/aromatic N) is 1. The number of thioether (sulfide) groups is 1. The molecule has 0 saturated heterocycles. The fraction of sp³-hybridized carbons (Fsp3) is 0.462. The Kier molecular flexibility index (Phi) is 3.40. The summed E-state index contributed by atoms with van der Waals surface area (Å²) in [6, 6.07) is 10.7. The van der Waals surface area contributed by atoms with Crippen LogP contribution in [0.5, 0.6) is 0 Å². The van der Waals surface area contributed by atoms with Gasteiger partial charge >= 0.3 is 0 Å². The van der Waals surface area contributed by atoms with Gasteiger partial charge in [0.2, 0.25) is 0 Å². The lowest BCUT2D eigenvalue weighted by Gasteiger charge is -2.13. The van der Waals surface area contributed by atoms with Crippen molar-refractivity contribution < 1.29 is 0 Å². The fourth-order valence-corrected chi connectivity index (χ4v) is 2.24. The van der Waals surface area contributed by atoms with Crippen molar-refractivity contribution in [3.63, 3.8) is 0 Å². The highest BCUT2D eigenvalue weighted by Crippen LogP contribution is 2.48. The molecule has 0 unspecified atom stereocenters. The Morgan fingerprint density at radius 2 is 2.31 bits per heavy atom. The van der Waals surface area contributed by atoms with E-state index in [9.17, 15) is 0 Å². The standard InChI is InChI=1S/C13H16N2S/c1-16-12-4-2-3-11(9-12)15-10-13(5-6-13)7-8-14/h2-4,9,15H,5-7,10H2,1H3. The first kappa shape index (κ1) is 11.3. The first-order chi connectivity index (χ1) is 7.78. The molecule has 0 atom stereocenters. The molecule has 0 bridgehead atoms. The minimum atomic E-state index is 0.268. The van der Waals surface area contributed by atoms with Gasteiger partial charge in [-0.2, -0.15) is 5.26 Å². The molecule has 0 aliphatic heterocycles. The summed E-state index contributed by atoms with van der Waals surface area (Å²) in [6.07, 6.45) is 5.14. The lowest BCUT2D eigenvalue weighted by atomic mass is 10.0. The monoisotopic (exact) mass is 232 g/mol. The van der Waals surface area contributed by atoms with Gasteiger partial charge in [-0.3, -0.25) is 0 Å². The van der Waals surface area contributed by atoms with Crippen LogP contribution < -0.4 is 5.32 Å². The fourth-order valence-electron chi connectivity index (χ4n) is 1.78. The van der Waals surface area contributed by atoms with Gasteiger partial charge in [0.25, 0.3) is 0 Å². The molecule has 1 aromatic carbocycles. The molecule has 0 aromatic heterocycles. The Morgan fingerprint density at radius 3 is 2.94 bits per heavy atom. The van der Waals surface area contributed by atoms with E-state index in [1.165, 1.54) is 17.7 Å². The topological polar surface area (TPSA) is 35.8 Å². The summed E-state index contributed by atoms with van der Waals surface area (Å²) in [5.41, 5.74) is 1.43. The van der Waals surface area contributed by atoms with Gasteiger partial charge < -0.3 is 5.32 Å². The Labute approximate surface area is 101 Å². The van der Waals surface area contributed by atoms with E-state index >= 15 is 0 Å². The molecular formula is C13H16N2S. The van der Waals surface area contributed by atoms with Crippen LogP contribution in [-0.4, -0.2) is 12.8 Å². The molecule has 16 heavy (non-hydrogen) atoms. The quantitative estimate of drug-likeness (QED) is 0.789. The second-order valence-electron chi connectivity index (χ2n) is 4.42. The maximum Gasteiger partial charge on any atom is 0.0628 e.